The summed E-state index contributed by atoms with van der Waals surface area (Å²) in [4.78, 5) is 6.53. The molecule has 0 unspecified atom stereocenters. The molecule has 3 aromatic rings. The lowest BCUT2D eigenvalue weighted by Gasteiger charge is -2.42. The topological polar surface area (TPSA) is 74.4 Å². The zero-order chi connectivity index (χ0) is 23.5. The Morgan fingerprint density at radius 1 is 1.15 bits per heavy atom. The molecule has 1 aromatic carbocycles. The first-order valence-electron chi connectivity index (χ1n) is 11.8. The highest BCUT2D eigenvalue weighted by molar-refractivity contribution is 6.33. The van der Waals surface area contributed by atoms with Gasteiger partial charge in [0.15, 0.2) is 0 Å². The van der Waals surface area contributed by atoms with Gasteiger partial charge in [-0.25, -0.2) is 0 Å². The molecule has 0 bridgehead atoms. The average molecular weight is 467 g/mol. The molecule has 1 fully saturated rings. The van der Waals surface area contributed by atoms with E-state index in [1.54, 1.807) is 16.6 Å². The van der Waals surface area contributed by atoms with Crippen LogP contribution < -0.4 is 4.90 Å². The van der Waals surface area contributed by atoms with Gasteiger partial charge >= 0.3 is 0 Å². The number of fused-ring (bicyclic) bond motifs is 1. The summed E-state index contributed by atoms with van der Waals surface area (Å²) in [6.45, 7) is 6.62. The molecule has 33 heavy (non-hydrogen) atoms. The summed E-state index contributed by atoms with van der Waals surface area (Å²) in [7, 11) is 1.81. The maximum atomic E-state index is 11.4. The molecule has 0 saturated heterocycles. The van der Waals surface area contributed by atoms with E-state index in [0.29, 0.717) is 35.3 Å². The Kier molecular flexibility index (Phi) is 5.51. The van der Waals surface area contributed by atoms with Gasteiger partial charge in [0.2, 0.25) is 0 Å². The van der Waals surface area contributed by atoms with Crippen molar-refractivity contribution in [2.45, 2.75) is 64.7 Å². The maximum Gasteiger partial charge on any atom is 0.278 e. The van der Waals surface area contributed by atoms with Crippen LogP contribution in [-0.2, 0) is 32.2 Å². The standard InChI is InChI=1S/C26H31ClN4O2/c1-5-16-8-7-9-17(6-2)21(16)20-14-15(3)22-19(28-20)12-13-31(26(22,32)33)25-23(27)24(18-10-11-18)29-30(25)4/h7-9,14,18,32-33H,5-6,10-13H2,1-4H3. The summed E-state index contributed by atoms with van der Waals surface area (Å²) in [6, 6.07) is 8.38. The van der Waals surface area contributed by atoms with Crippen molar-refractivity contribution in [2.75, 3.05) is 11.4 Å². The second-order valence-electron chi connectivity index (χ2n) is 9.26. The number of hydrogen-bond donors (Lipinski definition) is 2. The molecule has 2 aliphatic rings. The number of rotatable bonds is 5. The fourth-order valence-electron chi connectivity index (χ4n) is 5.26. The number of halogens is 1. The fourth-order valence-corrected chi connectivity index (χ4v) is 5.68. The quantitative estimate of drug-likeness (QED) is 0.537. The average Bonchev–Trinajstić information content (AvgIpc) is 3.58. The highest BCUT2D eigenvalue weighted by Gasteiger charge is 2.45. The summed E-state index contributed by atoms with van der Waals surface area (Å²) in [5.74, 6) is -1.31. The van der Waals surface area contributed by atoms with Gasteiger partial charge in [-0.3, -0.25) is 9.67 Å². The Bertz CT molecular complexity index is 1210. The van der Waals surface area contributed by atoms with Gasteiger partial charge in [-0.05, 0) is 55.4 Å². The minimum atomic E-state index is -2.22. The molecule has 1 aliphatic heterocycles. The first-order chi connectivity index (χ1) is 15.8. The van der Waals surface area contributed by atoms with Crippen molar-refractivity contribution in [1.82, 2.24) is 14.8 Å². The molecular formula is C26H31ClN4O2. The fraction of sp³-hybridized carbons (Fsp3) is 0.462. The van der Waals surface area contributed by atoms with Gasteiger partial charge < -0.3 is 15.1 Å². The Balaban J connectivity index is 1.61. The molecule has 2 N–H and O–H groups in total. The molecule has 174 valence electrons. The minimum absolute atomic E-state index is 0.374. The number of nitrogens with zero attached hydrogens (tertiary/aromatic N) is 4. The Morgan fingerprint density at radius 2 is 1.82 bits per heavy atom. The van der Waals surface area contributed by atoms with Crippen molar-refractivity contribution < 1.29 is 10.2 Å². The van der Waals surface area contributed by atoms with E-state index < -0.39 is 5.91 Å². The predicted octanol–water partition coefficient (Wildman–Crippen LogP) is 4.60. The number of aromatic nitrogens is 3. The molecule has 1 aliphatic carbocycles. The van der Waals surface area contributed by atoms with E-state index in [1.807, 2.05) is 13.0 Å². The van der Waals surface area contributed by atoms with Crippen molar-refractivity contribution in [3.05, 3.63) is 62.9 Å². The Morgan fingerprint density at radius 3 is 2.42 bits per heavy atom. The number of pyridine rings is 1. The zero-order valence-corrected chi connectivity index (χ0v) is 20.4. The summed E-state index contributed by atoms with van der Waals surface area (Å²) in [6.07, 6.45) is 4.57. The number of benzene rings is 1. The molecule has 0 atom stereocenters. The van der Waals surface area contributed by atoms with Gasteiger partial charge in [0.1, 0.15) is 10.8 Å². The molecule has 5 rings (SSSR count). The number of aryl methyl sites for hydroxylation is 4. The molecule has 1 saturated carbocycles. The van der Waals surface area contributed by atoms with Gasteiger partial charge in [0, 0.05) is 31.5 Å². The van der Waals surface area contributed by atoms with Crippen molar-refractivity contribution in [2.24, 2.45) is 7.05 Å². The van der Waals surface area contributed by atoms with Crippen LogP contribution in [0.3, 0.4) is 0 Å². The maximum absolute atomic E-state index is 11.4. The molecule has 3 heterocycles. The normalized spacial score (nSPS) is 17.4. The van der Waals surface area contributed by atoms with Crippen LogP contribution in [0.1, 0.15) is 66.2 Å². The third-order valence-electron chi connectivity index (χ3n) is 7.04. The third-order valence-corrected chi connectivity index (χ3v) is 7.40. The van der Waals surface area contributed by atoms with Crippen LogP contribution in [0.2, 0.25) is 5.02 Å². The minimum Gasteiger partial charge on any atom is -0.345 e. The first-order valence-corrected chi connectivity index (χ1v) is 12.2. The van der Waals surface area contributed by atoms with Crippen LogP contribution in [-0.4, -0.2) is 31.5 Å². The lowest BCUT2D eigenvalue weighted by Crippen LogP contribution is -2.52. The molecule has 7 heteroatoms. The van der Waals surface area contributed by atoms with Crippen molar-refractivity contribution in [3.8, 4) is 11.3 Å². The van der Waals surface area contributed by atoms with Crippen LogP contribution in [0.4, 0.5) is 5.82 Å². The highest BCUT2D eigenvalue weighted by atomic mass is 35.5. The summed E-state index contributed by atoms with van der Waals surface area (Å²) in [5.41, 5.74) is 7.40. The van der Waals surface area contributed by atoms with Gasteiger partial charge in [0.25, 0.3) is 5.91 Å². The largest absolute Gasteiger partial charge is 0.345 e. The van der Waals surface area contributed by atoms with Crippen LogP contribution in [0, 0.1) is 6.92 Å². The molecule has 2 aromatic heterocycles. The van der Waals surface area contributed by atoms with Gasteiger partial charge in [-0.1, -0.05) is 43.6 Å². The van der Waals surface area contributed by atoms with Gasteiger partial charge in [-0.2, -0.15) is 5.10 Å². The summed E-state index contributed by atoms with van der Waals surface area (Å²) < 4.78 is 1.67. The molecule has 0 amide bonds. The third kappa shape index (κ3) is 3.56. The van der Waals surface area contributed by atoms with E-state index in [1.165, 1.54) is 16.7 Å². The van der Waals surface area contributed by atoms with Gasteiger partial charge in [0.05, 0.1) is 22.6 Å². The zero-order valence-electron chi connectivity index (χ0n) is 19.7. The Hall–Kier alpha value is -2.41. The van der Waals surface area contributed by atoms with E-state index in [-0.39, 0.29) is 0 Å². The van der Waals surface area contributed by atoms with Gasteiger partial charge in [-0.15, -0.1) is 0 Å². The van der Waals surface area contributed by atoms with E-state index >= 15 is 0 Å². The van der Waals surface area contributed by atoms with E-state index in [0.717, 1.165) is 48.3 Å². The number of hydrogen-bond acceptors (Lipinski definition) is 5. The van der Waals surface area contributed by atoms with Crippen LogP contribution in [0.15, 0.2) is 24.3 Å². The van der Waals surface area contributed by atoms with Crippen LogP contribution in [0.5, 0.6) is 0 Å². The molecule has 0 radical (unpaired) electrons. The smallest absolute Gasteiger partial charge is 0.278 e. The van der Waals surface area contributed by atoms with Crippen molar-refractivity contribution >= 4 is 17.4 Å². The second-order valence-corrected chi connectivity index (χ2v) is 9.64. The Labute approximate surface area is 199 Å². The van der Waals surface area contributed by atoms with Crippen molar-refractivity contribution in [1.29, 1.82) is 0 Å². The number of anilines is 1. The lowest BCUT2D eigenvalue weighted by molar-refractivity contribution is -0.174. The summed E-state index contributed by atoms with van der Waals surface area (Å²) >= 11 is 6.70. The monoisotopic (exact) mass is 466 g/mol. The highest BCUT2D eigenvalue weighted by Crippen LogP contribution is 2.47. The van der Waals surface area contributed by atoms with E-state index in [4.69, 9.17) is 16.6 Å². The molecule has 6 nitrogen and oxygen atoms in total. The SMILES string of the molecule is CCc1cccc(CC)c1-c1cc(C)c2c(n1)CCN(c1c(Cl)c(C3CC3)nn1C)C2(O)O. The van der Waals surface area contributed by atoms with E-state index in [2.05, 4.69) is 37.1 Å². The summed E-state index contributed by atoms with van der Waals surface area (Å²) in [5, 5.41) is 28.0. The van der Waals surface area contributed by atoms with Crippen LogP contribution in [0.25, 0.3) is 11.3 Å². The number of aliphatic hydroxyl groups is 2. The van der Waals surface area contributed by atoms with Crippen molar-refractivity contribution in [3.63, 3.8) is 0 Å². The predicted molar refractivity (Wildman–Crippen MR) is 131 cm³/mol. The first kappa shape index (κ1) is 22.4. The van der Waals surface area contributed by atoms with E-state index in [9.17, 15) is 10.2 Å². The van der Waals surface area contributed by atoms with Crippen LogP contribution >= 0.6 is 11.6 Å². The second kappa shape index (κ2) is 8.12. The molecule has 0 spiro atoms. The lowest BCUT2D eigenvalue weighted by atomic mass is 9.90. The molecular weight excluding hydrogens is 436 g/mol.